The second-order valence-electron chi connectivity index (χ2n) is 2.83. The minimum atomic E-state index is -0.277. The fraction of sp³-hybridized carbons (Fsp3) is 0.100. The van der Waals surface area contributed by atoms with Crippen LogP contribution in [0.4, 0.5) is 0 Å². The van der Waals surface area contributed by atoms with Crippen LogP contribution in [0.25, 0.3) is 11.6 Å². The Balaban J connectivity index is 2.32. The summed E-state index contributed by atoms with van der Waals surface area (Å²) in [6.45, 7) is 0. The Morgan fingerprint density at radius 2 is 2.33 bits per heavy atom. The second kappa shape index (κ2) is 3.91. The van der Waals surface area contributed by atoms with Crippen molar-refractivity contribution in [3.05, 3.63) is 36.4 Å². The lowest BCUT2D eigenvalue weighted by molar-refractivity contribution is 0.0958. The Labute approximate surface area is 86.2 Å². The maximum absolute atomic E-state index is 11.2. The highest BCUT2D eigenvalue weighted by molar-refractivity contribution is 5.92. The largest absolute Gasteiger partial charge is 0.442 e. The molecule has 0 atom stereocenters. The summed E-state index contributed by atoms with van der Waals surface area (Å²) in [7, 11) is 1.54. The van der Waals surface area contributed by atoms with E-state index in [0.29, 0.717) is 11.6 Å². The maximum Gasteiger partial charge on any atom is 0.272 e. The minimum Gasteiger partial charge on any atom is -0.442 e. The van der Waals surface area contributed by atoms with Gasteiger partial charge < -0.3 is 9.73 Å². The first kappa shape index (κ1) is 9.39. The molecule has 0 aliphatic heterocycles. The molecule has 0 aliphatic rings. The zero-order chi connectivity index (χ0) is 10.7. The summed E-state index contributed by atoms with van der Waals surface area (Å²) in [5.74, 6) is 0.0649. The second-order valence-corrected chi connectivity index (χ2v) is 2.83. The summed E-state index contributed by atoms with van der Waals surface area (Å²) in [5.41, 5.74) is 0.853. The van der Waals surface area contributed by atoms with E-state index in [2.05, 4.69) is 15.3 Å². The fourth-order valence-electron chi connectivity index (χ4n) is 1.11. The summed E-state index contributed by atoms with van der Waals surface area (Å²) in [5, 5.41) is 2.46. The highest BCUT2D eigenvalue weighted by Gasteiger charge is 2.11. The van der Waals surface area contributed by atoms with Gasteiger partial charge in [0.2, 0.25) is 5.89 Å². The molecular weight excluding hydrogens is 194 g/mol. The number of nitrogens with zero attached hydrogens (tertiary/aromatic N) is 2. The molecule has 2 heterocycles. The number of pyridine rings is 1. The van der Waals surface area contributed by atoms with Gasteiger partial charge in [0.25, 0.3) is 5.91 Å². The molecule has 0 saturated carbocycles. The summed E-state index contributed by atoms with van der Waals surface area (Å²) in [6.07, 6.45) is 2.95. The third kappa shape index (κ3) is 1.85. The van der Waals surface area contributed by atoms with Crippen molar-refractivity contribution in [2.75, 3.05) is 7.05 Å². The van der Waals surface area contributed by atoms with Crippen molar-refractivity contribution in [1.82, 2.24) is 15.3 Å². The molecule has 1 N–H and O–H groups in total. The number of hydrogen-bond acceptors (Lipinski definition) is 4. The predicted molar refractivity (Wildman–Crippen MR) is 53.1 cm³/mol. The van der Waals surface area contributed by atoms with Crippen molar-refractivity contribution in [1.29, 1.82) is 0 Å². The van der Waals surface area contributed by atoms with E-state index in [1.165, 1.54) is 13.3 Å². The average Bonchev–Trinajstić information content (AvgIpc) is 2.78. The van der Waals surface area contributed by atoms with E-state index >= 15 is 0 Å². The summed E-state index contributed by atoms with van der Waals surface area (Å²) < 4.78 is 5.14. The maximum atomic E-state index is 11.2. The van der Waals surface area contributed by atoms with Gasteiger partial charge in [-0.3, -0.25) is 9.78 Å². The molecule has 76 valence electrons. The first-order valence-corrected chi connectivity index (χ1v) is 4.40. The number of nitrogens with one attached hydrogen (secondary N) is 1. The van der Waals surface area contributed by atoms with E-state index < -0.39 is 0 Å². The number of oxazole rings is 1. The van der Waals surface area contributed by atoms with Crippen molar-refractivity contribution >= 4 is 5.91 Å². The van der Waals surface area contributed by atoms with E-state index in [4.69, 9.17) is 4.42 Å². The monoisotopic (exact) mass is 203 g/mol. The van der Waals surface area contributed by atoms with E-state index in [-0.39, 0.29) is 11.6 Å². The highest BCUT2D eigenvalue weighted by atomic mass is 16.3. The van der Waals surface area contributed by atoms with Crippen LogP contribution in [0.5, 0.6) is 0 Å². The first-order chi connectivity index (χ1) is 7.31. The normalized spacial score (nSPS) is 9.93. The molecule has 5 nitrogen and oxygen atoms in total. The Kier molecular flexibility index (Phi) is 2.45. The Morgan fingerprint density at radius 1 is 1.47 bits per heavy atom. The molecule has 0 saturated heterocycles. The van der Waals surface area contributed by atoms with Crippen LogP contribution in [0.2, 0.25) is 0 Å². The topological polar surface area (TPSA) is 68.0 Å². The van der Waals surface area contributed by atoms with Gasteiger partial charge in [-0.15, -0.1) is 0 Å². The molecular formula is C10H9N3O2. The van der Waals surface area contributed by atoms with Gasteiger partial charge in [0.1, 0.15) is 12.0 Å². The molecule has 0 aliphatic carbocycles. The highest BCUT2D eigenvalue weighted by Crippen LogP contribution is 2.14. The van der Waals surface area contributed by atoms with Gasteiger partial charge in [-0.2, -0.15) is 0 Å². The Hall–Kier alpha value is -2.17. The number of hydrogen-bond donors (Lipinski definition) is 1. The van der Waals surface area contributed by atoms with E-state index in [1.807, 2.05) is 6.07 Å². The molecule has 0 radical (unpaired) electrons. The third-order valence-corrected chi connectivity index (χ3v) is 1.85. The van der Waals surface area contributed by atoms with Gasteiger partial charge in [-0.05, 0) is 12.1 Å². The van der Waals surface area contributed by atoms with E-state index in [1.54, 1.807) is 18.3 Å². The molecule has 2 rings (SSSR count). The van der Waals surface area contributed by atoms with Gasteiger partial charge in [0.05, 0.1) is 0 Å². The van der Waals surface area contributed by atoms with Crippen LogP contribution >= 0.6 is 0 Å². The number of rotatable bonds is 2. The lowest BCUT2D eigenvalue weighted by atomic mass is 10.3. The lowest BCUT2D eigenvalue weighted by Gasteiger charge is -1.92. The third-order valence-electron chi connectivity index (χ3n) is 1.85. The number of aromatic nitrogens is 2. The summed E-state index contributed by atoms with van der Waals surface area (Å²) in [4.78, 5) is 19.3. The molecule has 0 aromatic carbocycles. The van der Waals surface area contributed by atoms with Crippen molar-refractivity contribution in [3.8, 4) is 11.6 Å². The molecule has 2 aromatic heterocycles. The Bertz CT molecular complexity index is 465. The van der Waals surface area contributed by atoms with Crippen LogP contribution in [0.3, 0.4) is 0 Å². The first-order valence-electron chi connectivity index (χ1n) is 4.40. The van der Waals surface area contributed by atoms with Crippen LogP contribution < -0.4 is 5.32 Å². The van der Waals surface area contributed by atoms with Crippen LogP contribution in [-0.2, 0) is 0 Å². The average molecular weight is 203 g/mol. The van der Waals surface area contributed by atoms with Crippen LogP contribution in [-0.4, -0.2) is 22.9 Å². The van der Waals surface area contributed by atoms with Gasteiger partial charge in [0, 0.05) is 13.2 Å². The van der Waals surface area contributed by atoms with Crippen molar-refractivity contribution in [2.45, 2.75) is 0 Å². The van der Waals surface area contributed by atoms with Gasteiger partial charge in [-0.25, -0.2) is 4.98 Å². The minimum absolute atomic E-state index is 0.248. The fourth-order valence-corrected chi connectivity index (χ4v) is 1.11. The summed E-state index contributed by atoms with van der Waals surface area (Å²) in [6, 6.07) is 5.39. The molecule has 15 heavy (non-hydrogen) atoms. The van der Waals surface area contributed by atoms with E-state index in [9.17, 15) is 4.79 Å². The smallest absolute Gasteiger partial charge is 0.272 e. The molecule has 5 heteroatoms. The van der Waals surface area contributed by atoms with Gasteiger partial charge in [0.15, 0.2) is 5.69 Å². The standard InChI is InChI=1S/C10H9N3O2/c1-11-9(14)8-6-15-10(13-8)7-4-2-3-5-12-7/h2-6H,1H3,(H,11,14). The molecule has 2 aromatic rings. The summed E-state index contributed by atoms with van der Waals surface area (Å²) >= 11 is 0. The van der Waals surface area contributed by atoms with Gasteiger partial charge in [-0.1, -0.05) is 6.07 Å². The predicted octanol–water partition coefficient (Wildman–Crippen LogP) is 1.10. The number of carbonyl (C=O) groups excluding carboxylic acids is 1. The quantitative estimate of drug-likeness (QED) is 0.793. The molecule has 0 unspecified atom stereocenters. The molecule has 0 fully saturated rings. The molecule has 0 bridgehead atoms. The van der Waals surface area contributed by atoms with Crippen molar-refractivity contribution < 1.29 is 9.21 Å². The zero-order valence-corrected chi connectivity index (χ0v) is 8.10. The SMILES string of the molecule is CNC(=O)c1coc(-c2ccccn2)n1. The van der Waals surface area contributed by atoms with E-state index in [0.717, 1.165) is 0 Å². The van der Waals surface area contributed by atoms with Crippen LogP contribution in [0.15, 0.2) is 35.1 Å². The van der Waals surface area contributed by atoms with Gasteiger partial charge >= 0.3 is 0 Å². The molecule has 0 spiro atoms. The Morgan fingerprint density at radius 3 is 3.00 bits per heavy atom. The number of amides is 1. The lowest BCUT2D eigenvalue weighted by Crippen LogP contribution is -2.17. The zero-order valence-electron chi connectivity index (χ0n) is 8.10. The number of carbonyl (C=O) groups is 1. The van der Waals surface area contributed by atoms with Crippen LogP contribution in [0.1, 0.15) is 10.5 Å². The molecule has 1 amide bonds. The van der Waals surface area contributed by atoms with Crippen LogP contribution in [0, 0.1) is 0 Å². The van der Waals surface area contributed by atoms with Crippen molar-refractivity contribution in [3.63, 3.8) is 0 Å². The van der Waals surface area contributed by atoms with Crippen molar-refractivity contribution in [2.24, 2.45) is 0 Å².